The first-order valence-electron chi connectivity index (χ1n) is 7.96. The number of rotatable bonds is 3. The topological polar surface area (TPSA) is 15.3 Å². The van der Waals surface area contributed by atoms with Crippen molar-refractivity contribution in [2.75, 3.05) is 25.9 Å². The predicted molar refractivity (Wildman–Crippen MR) is 86.9 cm³/mol. The Hall–Kier alpha value is 0.270. The number of thioether (sulfide) groups is 1. The highest BCUT2D eigenvalue weighted by Crippen LogP contribution is 2.39. The lowest BCUT2D eigenvalue weighted by molar-refractivity contribution is 0.0884. The third-order valence-corrected chi connectivity index (χ3v) is 6.71. The fourth-order valence-corrected chi connectivity index (χ4v) is 5.02. The van der Waals surface area contributed by atoms with E-state index in [0.29, 0.717) is 5.41 Å². The van der Waals surface area contributed by atoms with Gasteiger partial charge in [0.1, 0.15) is 0 Å². The molecule has 2 fully saturated rings. The molecule has 1 saturated carbocycles. The molecule has 0 aromatic heterocycles. The molecule has 1 saturated heterocycles. The summed E-state index contributed by atoms with van der Waals surface area (Å²) in [6, 6.07) is 1.46. The van der Waals surface area contributed by atoms with Gasteiger partial charge in [0.2, 0.25) is 0 Å². The minimum absolute atomic E-state index is 0.539. The number of nitrogens with zero attached hydrogens (tertiary/aromatic N) is 1. The van der Waals surface area contributed by atoms with Crippen LogP contribution in [0.2, 0.25) is 0 Å². The molecule has 4 unspecified atom stereocenters. The maximum atomic E-state index is 3.58. The largest absolute Gasteiger partial charge is 0.317 e. The molecule has 1 aliphatic carbocycles. The monoisotopic (exact) mass is 284 g/mol. The van der Waals surface area contributed by atoms with E-state index in [1.165, 1.54) is 38.1 Å². The van der Waals surface area contributed by atoms with Crippen LogP contribution in [-0.4, -0.2) is 48.1 Å². The van der Waals surface area contributed by atoms with Crippen LogP contribution in [-0.2, 0) is 0 Å². The van der Waals surface area contributed by atoms with Gasteiger partial charge in [0.15, 0.2) is 0 Å². The first kappa shape index (κ1) is 15.7. The van der Waals surface area contributed by atoms with E-state index < -0.39 is 0 Å². The van der Waals surface area contributed by atoms with Crippen LogP contribution in [0.15, 0.2) is 0 Å². The minimum atomic E-state index is 0.539. The zero-order valence-corrected chi connectivity index (χ0v) is 14.2. The first-order chi connectivity index (χ1) is 8.93. The zero-order valence-electron chi connectivity index (χ0n) is 13.4. The molecule has 19 heavy (non-hydrogen) atoms. The molecule has 0 bridgehead atoms. The molecule has 2 aliphatic rings. The molecular formula is C16H32N2S. The second-order valence-corrected chi connectivity index (χ2v) is 8.86. The average molecular weight is 285 g/mol. The van der Waals surface area contributed by atoms with E-state index in [0.717, 1.165) is 23.3 Å². The van der Waals surface area contributed by atoms with Gasteiger partial charge in [-0.05, 0) is 44.6 Å². The highest BCUT2D eigenvalue weighted by atomic mass is 32.2. The summed E-state index contributed by atoms with van der Waals surface area (Å²) < 4.78 is 0. The van der Waals surface area contributed by atoms with Gasteiger partial charge >= 0.3 is 0 Å². The van der Waals surface area contributed by atoms with E-state index in [1.54, 1.807) is 0 Å². The van der Waals surface area contributed by atoms with Crippen LogP contribution in [0, 0.1) is 11.3 Å². The fourth-order valence-electron chi connectivity index (χ4n) is 3.86. The van der Waals surface area contributed by atoms with E-state index in [1.807, 2.05) is 0 Å². The van der Waals surface area contributed by atoms with E-state index in [9.17, 15) is 0 Å². The molecular weight excluding hydrogens is 252 g/mol. The summed E-state index contributed by atoms with van der Waals surface area (Å²) in [5, 5.41) is 4.37. The molecule has 3 heteroatoms. The molecule has 0 aromatic carbocycles. The Morgan fingerprint density at radius 1 is 1.32 bits per heavy atom. The second kappa shape index (κ2) is 6.36. The van der Waals surface area contributed by atoms with E-state index >= 15 is 0 Å². The summed E-state index contributed by atoms with van der Waals surface area (Å²) >= 11 is 2.14. The molecule has 112 valence electrons. The Labute approximate surface area is 124 Å². The van der Waals surface area contributed by atoms with Crippen molar-refractivity contribution in [1.82, 2.24) is 10.2 Å². The van der Waals surface area contributed by atoms with Gasteiger partial charge in [-0.1, -0.05) is 20.8 Å². The Morgan fingerprint density at radius 2 is 2.05 bits per heavy atom. The summed E-state index contributed by atoms with van der Waals surface area (Å²) in [4.78, 5) is 2.75. The van der Waals surface area contributed by atoms with E-state index in [-0.39, 0.29) is 0 Å². The summed E-state index contributed by atoms with van der Waals surface area (Å²) in [6.07, 6.45) is 4.10. The Bertz CT molecular complexity index is 292. The van der Waals surface area contributed by atoms with Crippen molar-refractivity contribution in [2.45, 2.75) is 64.3 Å². The van der Waals surface area contributed by atoms with Crippen LogP contribution < -0.4 is 5.32 Å². The van der Waals surface area contributed by atoms with E-state index in [4.69, 9.17) is 0 Å². The SMILES string of the molecule is CNC1CCC(C)(C)CC1CN1CCSC(C)C1C. The van der Waals surface area contributed by atoms with Crippen LogP contribution in [0.5, 0.6) is 0 Å². The fraction of sp³-hybridized carbons (Fsp3) is 1.00. The lowest BCUT2D eigenvalue weighted by atomic mass is 9.69. The molecule has 0 radical (unpaired) electrons. The third-order valence-electron chi connectivity index (χ3n) is 5.37. The third kappa shape index (κ3) is 3.89. The average Bonchev–Trinajstić information content (AvgIpc) is 2.34. The van der Waals surface area contributed by atoms with Crippen LogP contribution in [0.3, 0.4) is 0 Å². The van der Waals surface area contributed by atoms with Crippen LogP contribution in [0.1, 0.15) is 47.0 Å². The maximum absolute atomic E-state index is 3.58. The van der Waals surface area contributed by atoms with Crippen LogP contribution >= 0.6 is 11.8 Å². The zero-order chi connectivity index (χ0) is 14.0. The van der Waals surface area contributed by atoms with Crippen LogP contribution in [0.4, 0.5) is 0 Å². The van der Waals surface area contributed by atoms with Gasteiger partial charge in [-0.25, -0.2) is 0 Å². The molecule has 1 aliphatic heterocycles. The number of hydrogen-bond acceptors (Lipinski definition) is 3. The Morgan fingerprint density at radius 3 is 2.74 bits per heavy atom. The summed E-state index contributed by atoms with van der Waals surface area (Å²) in [5.41, 5.74) is 0.539. The number of hydrogen-bond donors (Lipinski definition) is 1. The highest BCUT2D eigenvalue weighted by Gasteiger charge is 2.36. The minimum Gasteiger partial charge on any atom is -0.317 e. The smallest absolute Gasteiger partial charge is 0.0184 e. The molecule has 0 spiro atoms. The van der Waals surface area contributed by atoms with Crippen molar-refractivity contribution in [3.8, 4) is 0 Å². The lowest BCUT2D eigenvalue weighted by Crippen LogP contribution is -2.51. The maximum Gasteiger partial charge on any atom is 0.0184 e. The van der Waals surface area contributed by atoms with Gasteiger partial charge < -0.3 is 5.32 Å². The quantitative estimate of drug-likeness (QED) is 0.856. The van der Waals surface area contributed by atoms with Crippen molar-refractivity contribution in [3.05, 3.63) is 0 Å². The molecule has 0 amide bonds. The summed E-state index contributed by atoms with van der Waals surface area (Å²) in [5.74, 6) is 2.14. The lowest BCUT2D eigenvalue weighted by Gasteiger charge is -2.45. The van der Waals surface area contributed by atoms with E-state index in [2.05, 4.69) is 56.7 Å². The molecule has 0 aromatic rings. The van der Waals surface area contributed by atoms with Gasteiger partial charge in [0, 0.05) is 36.2 Å². The Balaban J connectivity index is 1.98. The van der Waals surface area contributed by atoms with Crippen molar-refractivity contribution >= 4 is 11.8 Å². The van der Waals surface area contributed by atoms with Gasteiger partial charge in [-0.3, -0.25) is 4.90 Å². The second-order valence-electron chi connectivity index (χ2n) is 7.37. The van der Waals surface area contributed by atoms with Gasteiger partial charge in [-0.2, -0.15) is 11.8 Å². The Kier molecular flexibility index (Phi) is 5.24. The van der Waals surface area contributed by atoms with Crippen molar-refractivity contribution in [1.29, 1.82) is 0 Å². The van der Waals surface area contributed by atoms with Gasteiger partial charge in [-0.15, -0.1) is 0 Å². The van der Waals surface area contributed by atoms with Gasteiger partial charge in [0.25, 0.3) is 0 Å². The van der Waals surface area contributed by atoms with Crippen LogP contribution in [0.25, 0.3) is 0 Å². The summed E-state index contributed by atoms with van der Waals surface area (Å²) in [6.45, 7) is 12.3. The normalized spacial score (nSPS) is 40.3. The summed E-state index contributed by atoms with van der Waals surface area (Å²) in [7, 11) is 2.15. The molecule has 4 atom stereocenters. The highest BCUT2D eigenvalue weighted by molar-refractivity contribution is 8.00. The number of nitrogens with one attached hydrogen (secondary N) is 1. The molecule has 1 N–H and O–H groups in total. The standard InChI is InChI=1S/C16H32N2S/c1-12-13(2)19-9-8-18(12)11-14-10-16(3,4)7-6-15(14)17-5/h12-15,17H,6-11H2,1-5H3. The van der Waals surface area contributed by atoms with Gasteiger partial charge in [0.05, 0.1) is 0 Å². The van der Waals surface area contributed by atoms with Crippen molar-refractivity contribution < 1.29 is 0 Å². The molecule has 1 heterocycles. The molecule has 2 nitrogen and oxygen atoms in total. The van der Waals surface area contributed by atoms with Crippen molar-refractivity contribution in [2.24, 2.45) is 11.3 Å². The first-order valence-corrected chi connectivity index (χ1v) is 9.01. The van der Waals surface area contributed by atoms with Crippen molar-refractivity contribution in [3.63, 3.8) is 0 Å². The molecule has 2 rings (SSSR count). The predicted octanol–water partition coefficient (Wildman–Crippen LogP) is 3.23.